The van der Waals surface area contributed by atoms with Crippen molar-refractivity contribution >= 4 is 11.6 Å². The van der Waals surface area contributed by atoms with Gasteiger partial charge in [-0.05, 0) is 18.9 Å². The molecule has 1 fully saturated rings. The van der Waals surface area contributed by atoms with Crippen LogP contribution in [0.15, 0.2) is 18.2 Å². The van der Waals surface area contributed by atoms with Crippen LogP contribution in [0.2, 0.25) is 0 Å². The van der Waals surface area contributed by atoms with E-state index in [1.807, 2.05) is 0 Å². The molecule has 0 aliphatic carbocycles. The maximum atomic E-state index is 12.2. The molecule has 0 bridgehead atoms. The van der Waals surface area contributed by atoms with Crippen LogP contribution >= 0.6 is 0 Å². The number of amides is 1. The lowest BCUT2D eigenvalue weighted by Gasteiger charge is -2.23. The number of carbonyl (C=O) groups excluding carboxylic acids is 1. The molecule has 7 heteroatoms. The molecule has 19 heavy (non-hydrogen) atoms. The number of phenolic OH excluding ortho intramolecular Hbond substituents is 1. The second-order valence-electron chi connectivity index (χ2n) is 4.41. The summed E-state index contributed by atoms with van der Waals surface area (Å²) in [5, 5.41) is 29.7. The topological polar surface area (TPSA) is 104 Å². The number of nitro groups is 1. The normalized spacial score (nSPS) is 18.6. The van der Waals surface area contributed by atoms with Crippen molar-refractivity contribution in [3.05, 3.63) is 33.9 Å². The second-order valence-corrected chi connectivity index (χ2v) is 4.41. The largest absolute Gasteiger partial charge is 0.502 e. The number of para-hydroxylation sites is 1. The molecule has 1 saturated heterocycles. The van der Waals surface area contributed by atoms with E-state index in [0.717, 1.165) is 12.5 Å². The number of aliphatic hydroxyl groups excluding tert-OH is 1. The van der Waals surface area contributed by atoms with Gasteiger partial charge in [0.2, 0.25) is 5.75 Å². The summed E-state index contributed by atoms with van der Waals surface area (Å²) < 4.78 is 0. The van der Waals surface area contributed by atoms with E-state index in [4.69, 9.17) is 0 Å². The number of hydrogen-bond donors (Lipinski definition) is 2. The Morgan fingerprint density at radius 1 is 1.53 bits per heavy atom. The molecule has 0 saturated carbocycles. The second kappa shape index (κ2) is 5.23. The fourth-order valence-electron chi connectivity index (χ4n) is 2.30. The zero-order chi connectivity index (χ0) is 14.0. The smallest absolute Gasteiger partial charge is 0.311 e. The minimum absolute atomic E-state index is 0.102. The average molecular weight is 266 g/mol. The Hall–Kier alpha value is -2.15. The summed E-state index contributed by atoms with van der Waals surface area (Å²) >= 11 is 0. The monoisotopic (exact) mass is 266 g/mol. The van der Waals surface area contributed by atoms with Crippen LogP contribution in [-0.2, 0) is 0 Å². The standard InChI is InChI=1S/C12H14N2O5/c15-7-8-3-2-6-13(8)12(17)9-4-1-5-10(11(9)16)14(18)19/h1,4-5,8,15-16H,2-3,6-7H2. The predicted molar refractivity (Wildman–Crippen MR) is 65.9 cm³/mol. The molecule has 102 valence electrons. The maximum absolute atomic E-state index is 12.2. The summed E-state index contributed by atoms with van der Waals surface area (Å²) in [7, 11) is 0. The van der Waals surface area contributed by atoms with Crippen molar-refractivity contribution < 1.29 is 19.9 Å². The van der Waals surface area contributed by atoms with Gasteiger partial charge in [-0.2, -0.15) is 0 Å². The van der Waals surface area contributed by atoms with Gasteiger partial charge in [-0.3, -0.25) is 14.9 Å². The molecule has 1 amide bonds. The quantitative estimate of drug-likeness (QED) is 0.624. The molecule has 1 heterocycles. The summed E-state index contributed by atoms with van der Waals surface area (Å²) in [6.45, 7) is 0.327. The van der Waals surface area contributed by atoms with E-state index < -0.39 is 22.3 Å². The number of hydrogen-bond acceptors (Lipinski definition) is 5. The molecule has 7 nitrogen and oxygen atoms in total. The van der Waals surface area contributed by atoms with Crippen LogP contribution in [0.4, 0.5) is 5.69 Å². The summed E-state index contributed by atoms with van der Waals surface area (Å²) in [4.78, 5) is 23.7. The third-order valence-electron chi connectivity index (χ3n) is 3.29. The van der Waals surface area contributed by atoms with Gasteiger partial charge in [-0.1, -0.05) is 6.07 Å². The Morgan fingerprint density at radius 2 is 2.26 bits per heavy atom. The van der Waals surface area contributed by atoms with Crippen molar-refractivity contribution in [1.29, 1.82) is 0 Å². The van der Waals surface area contributed by atoms with Crippen LogP contribution in [0.25, 0.3) is 0 Å². The molecular weight excluding hydrogens is 252 g/mol. The van der Waals surface area contributed by atoms with Crippen molar-refractivity contribution in [3.63, 3.8) is 0 Å². The fraction of sp³-hybridized carbons (Fsp3) is 0.417. The van der Waals surface area contributed by atoms with Crippen molar-refractivity contribution in [1.82, 2.24) is 4.90 Å². The van der Waals surface area contributed by atoms with Crippen LogP contribution in [0.1, 0.15) is 23.2 Å². The van der Waals surface area contributed by atoms with E-state index in [1.54, 1.807) is 0 Å². The van der Waals surface area contributed by atoms with Gasteiger partial charge >= 0.3 is 5.69 Å². The van der Waals surface area contributed by atoms with Gasteiger partial charge < -0.3 is 15.1 Å². The third kappa shape index (κ3) is 2.37. The average Bonchev–Trinajstić information content (AvgIpc) is 2.86. The van der Waals surface area contributed by atoms with Gasteiger partial charge in [-0.15, -0.1) is 0 Å². The van der Waals surface area contributed by atoms with Gasteiger partial charge in [0, 0.05) is 12.6 Å². The molecule has 1 atom stereocenters. The molecule has 2 rings (SSSR count). The Kier molecular flexibility index (Phi) is 3.66. The molecule has 1 aliphatic rings. The molecule has 0 aromatic heterocycles. The first-order valence-corrected chi connectivity index (χ1v) is 5.94. The molecule has 1 aromatic rings. The van der Waals surface area contributed by atoms with Gasteiger partial charge in [-0.25, -0.2) is 0 Å². The lowest BCUT2D eigenvalue weighted by Crippen LogP contribution is -2.37. The first-order valence-electron chi connectivity index (χ1n) is 5.94. The minimum Gasteiger partial charge on any atom is -0.502 e. The maximum Gasteiger partial charge on any atom is 0.311 e. The fourth-order valence-corrected chi connectivity index (χ4v) is 2.30. The van der Waals surface area contributed by atoms with Crippen molar-refractivity contribution in [2.24, 2.45) is 0 Å². The number of benzene rings is 1. The zero-order valence-corrected chi connectivity index (χ0v) is 10.2. The van der Waals surface area contributed by atoms with Gasteiger partial charge in [0.05, 0.1) is 23.1 Å². The number of carbonyl (C=O) groups is 1. The molecule has 1 unspecified atom stereocenters. The lowest BCUT2D eigenvalue weighted by atomic mass is 10.1. The summed E-state index contributed by atoms with van der Waals surface area (Å²) in [6, 6.07) is 3.55. The highest BCUT2D eigenvalue weighted by Gasteiger charge is 2.31. The SMILES string of the molecule is O=C(c1cccc([N+](=O)[O-])c1O)N1CCCC1CO. The van der Waals surface area contributed by atoms with Crippen LogP contribution < -0.4 is 0 Å². The van der Waals surface area contributed by atoms with E-state index in [2.05, 4.69) is 0 Å². The van der Waals surface area contributed by atoms with Crippen molar-refractivity contribution in [3.8, 4) is 5.75 Å². The number of aliphatic hydroxyl groups is 1. The minimum atomic E-state index is -0.736. The molecule has 0 spiro atoms. The molecule has 2 N–H and O–H groups in total. The van der Waals surface area contributed by atoms with E-state index in [1.165, 1.54) is 17.0 Å². The first-order chi connectivity index (χ1) is 9.06. The van der Waals surface area contributed by atoms with E-state index in [-0.39, 0.29) is 18.2 Å². The molecule has 0 radical (unpaired) electrons. The lowest BCUT2D eigenvalue weighted by molar-refractivity contribution is -0.385. The van der Waals surface area contributed by atoms with Crippen LogP contribution in [0.5, 0.6) is 5.75 Å². The highest BCUT2D eigenvalue weighted by molar-refractivity contribution is 5.98. The number of rotatable bonds is 3. The Morgan fingerprint density at radius 3 is 2.89 bits per heavy atom. The van der Waals surface area contributed by atoms with Gasteiger partial charge in [0.15, 0.2) is 0 Å². The Bertz CT molecular complexity index is 517. The summed E-state index contributed by atoms with van der Waals surface area (Å²) in [6.07, 6.45) is 1.46. The summed E-state index contributed by atoms with van der Waals surface area (Å²) in [5.74, 6) is -1.11. The van der Waals surface area contributed by atoms with Gasteiger partial charge in [0.1, 0.15) is 0 Å². The van der Waals surface area contributed by atoms with Crippen LogP contribution in [-0.4, -0.2) is 45.1 Å². The summed E-state index contributed by atoms with van der Waals surface area (Å²) in [5.41, 5.74) is -0.597. The number of aromatic hydroxyl groups is 1. The number of phenols is 1. The number of nitrogens with zero attached hydrogens (tertiary/aromatic N) is 2. The van der Waals surface area contributed by atoms with Crippen molar-refractivity contribution in [2.75, 3.05) is 13.2 Å². The predicted octanol–water partition coefficient (Wildman–Crippen LogP) is 0.897. The first kappa shape index (κ1) is 13.3. The zero-order valence-electron chi connectivity index (χ0n) is 10.2. The molecular formula is C12H14N2O5. The third-order valence-corrected chi connectivity index (χ3v) is 3.29. The molecule has 1 aromatic carbocycles. The number of likely N-dealkylation sites (tertiary alicyclic amines) is 1. The van der Waals surface area contributed by atoms with Crippen molar-refractivity contribution in [2.45, 2.75) is 18.9 Å². The van der Waals surface area contributed by atoms with E-state index in [9.17, 15) is 25.1 Å². The highest BCUT2D eigenvalue weighted by Crippen LogP contribution is 2.31. The highest BCUT2D eigenvalue weighted by atomic mass is 16.6. The van der Waals surface area contributed by atoms with E-state index in [0.29, 0.717) is 13.0 Å². The Labute approximate surface area is 109 Å². The number of nitro benzene ring substituents is 1. The molecule has 1 aliphatic heterocycles. The van der Waals surface area contributed by atoms with Gasteiger partial charge in [0.25, 0.3) is 5.91 Å². The Balaban J connectivity index is 2.34. The van der Waals surface area contributed by atoms with Crippen LogP contribution in [0.3, 0.4) is 0 Å². The van der Waals surface area contributed by atoms with Crippen LogP contribution in [0, 0.1) is 10.1 Å². The van der Waals surface area contributed by atoms with E-state index >= 15 is 0 Å².